The normalized spacial score (nSPS) is 15.3. The molecule has 1 aliphatic rings. The van der Waals surface area contributed by atoms with E-state index in [1.807, 2.05) is 0 Å². The molecule has 17 heavy (non-hydrogen) atoms. The second kappa shape index (κ2) is 5.74. The predicted molar refractivity (Wildman–Crippen MR) is 56.4 cm³/mol. The Hall–Kier alpha value is -2.24. The molecule has 1 rings (SSSR count). The molecule has 0 unspecified atom stereocenters. The highest BCUT2D eigenvalue weighted by atomic mass is 16.8. The molecule has 92 valence electrons. The molecule has 1 aliphatic heterocycles. The third-order valence-corrected chi connectivity index (χ3v) is 1.73. The van der Waals surface area contributed by atoms with Crippen molar-refractivity contribution in [1.29, 1.82) is 0 Å². The molecule has 0 fully saturated rings. The van der Waals surface area contributed by atoms with Crippen LogP contribution in [-0.2, 0) is 28.5 Å². The van der Waals surface area contributed by atoms with Crippen molar-refractivity contribution in [1.82, 2.24) is 0 Å². The van der Waals surface area contributed by atoms with Crippen LogP contribution < -0.4 is 0 Å². The number of esters is 2. The van der Waals surface area contributed by atoms with Gasteiger partial charge in [-0.1, -0.05) is 25.3 Å². The van der Waals surface area contributed by atoms with Gasteiger partial charge in [0.2, 0.25) is 0 Å². The van der Waals surface area contributed by atoms with Crippen molar-refractivity contribution in [2.24, 2.45) is 0 Å². The van der Waals surface area contributed by atoms with Crippen molar-refractivity contribution in [3.63, 3.8) is 0 Å². The quantitative estimate of drug-likeness (QED) is 0.386. The van der Waals surface area contributed by atoms with Crippen LogP contribution in [0, 0.1) is 0 Å². The molecule has 1 heterocycles. The van der Waals surface area contributed by atoms with E-state index in [0.29, 0.717) is 0 Å². The van der Waals surface area contributed by atoms with Crippen LogP contribution in [-0.4, -0.2) is 30.9 Å². The zero-order chi connectivity index (χ0) is 12.7. The minimum absolute atomic E-state index is 0.0674. The van der Waals surface area contributed by atoms with Crippen LogP contribution in [0.25, 0.3) is 0 Å². The first-order valence-corrected chi connectivity index (χ1v) is 4.74. The van der Waals surface area contributed by atoms with E-state index >= 15 is 0 Å². The van der Waals surface area contributed by atoms with E-state index in [1.54, 1.807) is 0 Å². The molecule has 0 aromatic carbocycles. The minimum Gasteiger partial charge on any atom is -0.455 e. The number of rotatable bonds is 6. The first-order valence-electron chi connectivity index (χ1n) is 4.74. The number of carbonyl (C=O) groups is 2. The Morgan fingerprint density at radius 2 is 1.47 bits per heavy atom. The van der Waals surface area contributed by atoms with E-state index in [4.69, 9.17) is 18.9 Å². The van der Waals surface area contributed by atoms with Crippen molar-refractivity contribution < 1.29 is 28.5 Å². The second-order valence-corrected chi connectivity index (χ2v) is 2.90. The highest BCUT2D eigenvalue weighted by Gasteiger charge is 2.56. The van der Waals surface area contributed by atoms with Gasteiger partial charge in [0.1, 0.15) is 25.7 Å². The summed E-state index contributed by atoms with van der Waals surface area (Å²) in [6.07, 6.45) is 4.82. The smallest absolute Gasteiger partial charge is 0.452 e. The highest BCUT2D eigenvalue weighted by molar-refractivity contribution is 6.02. The number of carbonyl (C=O) groups excluding carboxylic acids is 2. The Labute approximate surface area is 98.1 Å². The summed E-state index contributed by atoms with van der Waals surface area (Å²) >= 11 is 0. The van der Waals surface area contributed by atoms with Crippen LogP contribution in [0.1, 0.15) is 0 Å². The molecular formula is C11H12O6. The predicted octanol–water partition coefficient (Wildman–Crippen LogP) is 0.659. The van der Waals surface area contributed by atoms with Gasteiger partial charge in [-0.2, -0.15) is 0 Å². The Morgan fingerprint density at radius 3 is 1.82 bits per heavy atom. The van der Waals surface area contributed by atoms with Gasteiger partial charge in [0.25, 0.3) is 0 Å². The zero-order valence-electron chi connectivity index (χ0n) is 9.09. The Bertz CT molecular complexity index is 323. The van der Waals surface area contributed by atoms with Gasteiger partial charge in [-0.05, 0) is 0 Å². The number of hydrogen-bond donors (Lipinski definition) is 0. The van der Waals surface area contributed by atoms with Crippen LogP contribution >= 0.6 is 0 Å². The van der Waals surface area contributed by atoms with Gasteiger partial charge in [-0.3, -0.25) is 0 Å². The Morgan fingerprint density at radius 1 is 1.06 bits per heavy atom. The van der Waals surface area contributed by atoms with Gasteiger partial charge >= 0.3 is 17.7 Å². The lowest BCUT2D eigenvalue weighted by atomic mass is 10.3. The van der Waals surface area contributed by atoms with Crippen molar-refractivity contribution in [3.05, 3.63) is 37.8 Å². The van der Waals surface area contributed by atoms with E-state index in [1.165, 1.54) is 12.2 Å². The van der Waals surface area contributed by atoms with Crippen LogP contribution in [0.5, 0.6) is 0 Å². The lowest BCUT2D eigenvalue weighted by molar-refractivity contribution is -0.215. The van der Waals surface area contributed by atoms with Crippen LogP contribution in [0.3, 0.4) is 0 Å². The van der Waals surface area contributed by atoms with Crippen LogP contribution in [0.15, 0.2) is 37.8 Å². The molecule has 0 radical (unpaired) electrons. The summed E-state index contributed by atoms with van der Waals surface area (Å²) in [7, 11) is 0. The molecular weight excluding hydrogens is 228 g/mol. The Balaban J connectivity index is 2.74. The topological polar surface area (TPSA) is 71.1 Å². The molecule has 0 atom stereocenters. The summed E-state index contributed by atoms with van der Waals surface area (Å²) < 4.78 is 19.1. The van der Waals surface area contributed by atoms with E-state index in [-0.39, 0.29) is 13.2 Å². The van der Waals surface area contributed by atoms with E-state index in [0.717, 1.165) is 12.5 Å². The molecule has 0 N–H and O–H groups in total. The zero-order valence-corrected chi connectivity index (χ0v) is 9.09. The van der Waals surface area contributed by atoms with E-state index in [9.17, 15) is 9.59 Å². The molecule has 0 spiro atoms. The van der Waals surface area contributed by atoms with Gasteiger partial charge in [0.15, 0.2) is 0 Å². The molecule has 6 heteroatoms. The van der Waals surface area contributed by atoms with Gasteiger partial charge in [0, 0.05) is 0 Å². The summed E-state index contributed by atoms with van der Waals surface area (Å²) in [4.78, 5) is 23.3. The van der Waals surface area contributed by atoms with Gasteiger partial charge in [0.05, 0.1) is 0 Å². The summed E-state index contributed by atoms with van der Waals surface area (Å²) in [5, 5.41) is 0. The lowest BCUT2D eigenvalue weighted by Gasteiger charge is -2.22. The largest absolute Gasteiger partial charge is 0.455 e. The van der Waals surface area contributed by atoms with Crippen molar-refractivity contribution in [2.45, 2.75) is 5.79 Å². The third kappa shape index (κ3) is 2.66. The van der Waals surface area contributed by atoms with E-state index in [2.05, 4.69) is 13.2 Å². The van der Waals surface area contributed by atoms with Crippen LogP contribution in [0.4, 0.5) is 0 Å². The average molecular weight is 240 g/mol. The average Bonchev–Trinajstić information content (AvgIpc) is 2.83. The maximum absolute atomic E-state index is 11.6. The maximum atomic E-state index is 11.6. The monoisotopic (exact) mass is 240 g/mol. The SMILES string of the molecule is C=CCOC(=O)C1(C(=O)OCC=C)OC=CO1. The number of ether oxygens (including phenoxy) is 4. The summed E-state index contributed by atoms with van der Waals surface area (Å²) in [5.41, 5.74) is 0. The summed E-state index contributed by atoms with van der Waals surface area (Å²) in [6, 6.07) is 0. The molecule has 0 bridgehead atoms. The highest BCUT2D eigenvalue weighted by Crippen LogP contribution is 2.24. The molecule has 0 aromatic rings. The van der Waals surface area contributed by atoms with Crippen molar-refractivity contribution in [2.75, 3.05) is 13.2 Å². The molecule has 0 aromatic heterocycles. The summed E-state index contributed by atoms with van der Waals surface area (Å²) in [5.74, 6) is -4.22. The fourth-order valence-electron chi connectivity index (χ4n) is 1.01. The van der Waals surface area contributed by atoms with Crippen molar-refractivity contribution in [3.8, 4) is 0 Å². The first kappa shape index (κ1) is 12.8. The van der Waals surface area contributed by atoms with Gasteiger partial charge < -0.3 is 18.9 Å². The minimum atomic E-state index is -2.22. The fraction of sp³-hybridized carbons (Fsp3) is 0.273. The Kier molecular flexibility index (Phi) is 4.33. The van der Waals surface area contributed by atoms with Crippen molar-refractivity contribution >= 4 is 11.9 Å². The van der Waals surface area contributed by atoms with E-state index < -0.39 is 17.7 Å². The second-order valence-electron chi connectivity index (χ2n) is 2.90. The molecule has 0 amide bonds. The number of hydrogen-bond acceptors (Lipinski definition) is 6. The van der Waals surface area contributed by atoms with Gasteiger partial charge in [-0.25, -0.2) is 9.59 Å². The maximum Gasteiger partial charge on any atom is 0.452 e. The molecule has 0 saturated carbocycles. The molecule has 0 saturated heterocycles. The molecule has 6 nitrogen and oxygen atoms in total. The van der Waals surface area contributed by atoms with Crippen LogP contribution in [0.2, 0.25) is 0 Å². The summed E-state index contributed by atoms with van der Waals surface area (Å²) in [6.45, 7) is 6.61. The standard InChI is InChI=1S/C11H12O6/c1-3-5-14-9(12)11(16-7-8-17-11)10(13)15-6-4-2/h3-4,7-8H,1-2,5-6H2. The fourth-order valence-corrected chi connectivity index (χ4v) is 1.01. The lowest BCUT2D eigenvalue weighted by Crippen LogP contribution is -2.50. The molecule has 0 aliphatic carbocycles. The van der Waals surface area contributed by atoms with Gasteiger partial charge in [-0.15, -0.1) is 0 Å². The first-order chi connectivity index (χ1) is 8.17. The third-order valence-electron chi connectivity index (χ3n) is 1.73.